The first-order valence-corrected chi connectivity index (χ1v) is 4.97. The average Bonchev–Trinajstić information content (AvgIpc) is 2.83. The van der Waals surface area contributed by atoms with Crippen LogP contribution in [0.15, 0.2) is 12.3 Å². The van der Waals surface area contributed by atoms with Gasteiger partial charge in [0.05, 0.1) is 6.54 Å². The molecule has 86 valence electrons. The zero-order chi connectivity index (χ0) is 10.3. The van der Waals surface area contributed by atoms with Crippen LogP contribution in [0.2, 0.25) is 0 Å². The second-order valence-electron chi connectivity index (χ2n) is 3.64. The molecular formula is C9H13ClN6. The van der Waals surface area contributed by atoms with Gasteiger partial charge >= 0.3 is 0 Å². The third kappa shape index (κ3) is 1.70. The van der Waals surface area contributed by atoms with Crippen LogP contribution in [0.25, 0.3) is 11.5 Å². The Morgan fingerprint density at radius 3 is 3.00 bits per heavy atom. The zero-order valence-electron chi connectivity index (χ0n) is 8.92. The van der Waals surface area contributed by atoms with Crippen LogP contribution >= 0.6 is 12.4 Å². The van der Waals surface area contributed by atoms with E-state index in [4.69, 9.17) is 0 Å². The number of hydrogen-bond acceptors (Lipinski definition) is 4. The van der Waals surface area contributed by atoms with Gasteiger partial charge in [-0.15, -0.1) is 22.6 Å². The van der Waals surface area contributed by atoms with Gasteiger partial charge in [-0.2, -0.15) is 5.10 Å². The lowest BCUT2D eigenvalue weighted by Crippen LogP contribution is -2.28. The van der Waals surface area contributed by atoms with Gasteiger partial charge in [0, 0.05) is 26.3 Å². The predicted molar refractivity (Wildman–Crippen MR) is 61.2 cm³/mol. The molecule has 0 aromatic carbocycles. The van der Waals surface area contributed by atoms with Crippen molar-refractivity contribution < 1.29 is 0 Å². The summed E-state index contributed by atoms with van der Waals surface area (Å²) in [5, 5.41) is 15.9. The van der Waals surface area contributed by atoms with Crippen LogP contribution in [-0.4, -0.2) is 31.1 Å². The molecule has 0 unspecified atom stereocenters. The van der Waals surface area contributed by atoms with Gasteiger partial charge in [-0.3, -0.25) is 4.68 Å². The van der Waals surface area contributed by atoms with Crippen molar-refractivity contribution in [3.8, 4) is 11.5 Å². The summed E-state index contributed by atoms with van der Waals surface area (Å²) in [6.45, 7) is 2.67. The molecule has 16 heavy (non-hydrogen) atoms. The van der Waals surface area contributed by atoms with Crippen LogP contribution in [-0.2, 0) is 20.1 Å². The number of aryl methyl sites for hydroxylation is 1. The highest BCUT2D eigenvalue weighted by Gasteiger charge is 2.17. The minimum absolute atomic E-state index is 0. The molecule has 0 amide bonds. The Bertz CT molecular complexity index is 488. The lowest BCUT2D eigenvalue weighted by molar-refractivity contribution is 0.508. The van der Waals surface area contributed by atoms with Crippen molar-refractivity contribution in [3.05, 3.63) is 18.1 Å². The number of aromatic nitrogens is 5. The standard InChI is InChI=1S/C9H12N6.ClH/c1-14-4-2-7(13-14)9-12-11-8-6-10-3-5-15(8)9;/h2,4,10H,3,5-6H2,1H3;1H. The van der Waals surface area contributed by atoms with Gasteiger partial charge in [0.1, 0.15) is 11.5 Å². The fourth-order valence-corrected chi connectivity index (χ4v) is 1.82. The lowest BCUT2D eigenvalue weighted by Gasteiger charge is -2.15. The monoisotopic (exact) mass is 240 g/mol. The van der Waals surface area contributed by atoms with Crippen molar-refractivity contribution in [1.29, 1.82) is 0 Å². The first-order valence-electron chi connectivity index (χ1n) is 4.97. The largest absolute Gasteiger partial charge is 0.308 e. The summed E-state index contributed by atoms with van der Waals surface area (Å²) in [5.74, 6) is 1.86. The molecule has 3 rings (SSSR count). The van der Waals surface area contributed by atoms with Crippen LogP contribution in [0, 0.1) is 0 Å². The van der Waals surface area contributed by atoms with Crippen LogP contribution < -0.4 is 5.32 Å². The van der Waals surface area contributed by atoms with E-state index in [0.717, 1.165) is 37.0 Å². The molecule has 2 aromatic rings. The van der Waals surface area contributed by atoms with E-state index < -0.39 is 0 Å². The summed E-state index contributed by atoms with van der Waals surface area (Å²) < 4.78 is 3.90. The van der Waals surface area contributed by atoms with Gasteiger partial charge in [0.25, 0.3) is 0 Å². The maximum atomic E-state index is 4.33. The van der Waals surface area contributed by atoms with E-state index in [2.05, 4.69) is 25.2 Å². The highest BCUT2D eigenvalue weighted by molar-refractivity contribution is 5.85. The Balaban J connectivity index is 0.000000963. The quantitative estimate of drug-likeness (QED) is 0.774. The zero-order valence-corrected chi connectivity index (χ0v) is 9.74. The van der Waals surface area contributed by atoms with E-state index in [0.29, 0.717) is 0 Å². The SMILES string of the molecule is Cl.Cn1ccc(-c2nnc3n2CCNC3)n1. The van der Waals surface area contributed by atoms with Crippen LogP contribution in [0.4, 0.5) is 0 Å². The summed E-state index contributed by atoms with van der Waals surface area (Å²) in [7, 11) is 1.90. The first kappa shape index (κ1) is 11.1. The first-order chi connectivity index (χ1) is 7.34. The molecule has 1 aliphatic rings. The van der Waals surface area contributed by atoms with Gasteiger partial charge in [-0.1, -0.05) is 0 Å². The fraction of sp³-hybridized carbons (Fsp3) is 0.444. The number of halogens is 1. The van der Waals surface area contributed by atoms with Gasteiger partial charge in [0.2, 0.25) is 0 Å². The molecule has 3 heterocycles. The Kier molecular flexibility index (Phi) is 2.93. The maximum Gasteiger partial charge on any atom is 0.184 e. The molecule has 0 saturated heterocycles. The Labute approximate surface area is 99.1 Å². The van der Waals surface area contributed by atoms with Crippen molar-refractivity contribution in [2.45, 2.75) is 13.1 Å². The summed E-state index contributed by atoms with van der Waals surface area (Å²) in [5.41, 5.74) is 0.887. The number of nitrogens with one attached hydrogen (secondary N) is 1. The summed E-state index contributed by atoms with van der Waals surface area (Å²) >= 11 is 0. The van der Waals surface area contributed by atoms with Crippen molar-refractivity contribution in [3.63, 3.8) is 0 Å². The average molecular weight is 241 g/mol. The lowest BCUT2D eigenvalue weighted by atomic mass is 10.3. The third-order valence-electron chi connectivity index (χ3n) is 2.57. The predicted octanol–water partition coefficient (Wildman–Crippen LogP) is 0.204. The minimum atomic E-state index is 0. The third-order valence-corrected chi connectivity index (χ3v) is 2.57. The Hall–Kier alpha value is -1.40. The molecule has 0 fully saturated rings. The normalized spacial score (nSPS) is 14.3. The molecule has 6 nitrogen and oxygen atoms in total. The molecule has 2 aromatic heterocycles. The summed E-state index contributed by atoms with van der Waals surface area (Å²) in [6.07, 6.45) is 1.91. The molecule has 0 spiro atoms. The van der Waals surface area contributed by atoms with Crippen molar-refractivity contribution in [2.24, 2.45) is 7.05 Å². The number of nitrogens with zero attached hydrogens (tertiary/aromatic N) is 5. The van der Waals surface area contributed by atoms with E-state index in [1.807, 2.05) is 19.3 Å². The number of hydrogen-bond donors (Lipinski definition) is 1. The van der Waals surface area contributed by atoms with E-state index in [9.17, 15) is 0 Å². The molecule has 7 heteroatoms. The fourth-order valence-electron chi connectivity index (χ4n) is 1.82. The van der Waals surface area contributed by atoms with Gasteiger partial charge < -0.3 is 9.88 Å². The smallest absolute Gasteiger partial charge is 0.184 e. The second kappa shape index (κ2) is 4.23. The molecule has 1 aliphatic heterocycles. The van der Waals surface area contributed by atoms with Crippen LogP contribution in [0.1, 0.15) is 5.82 Å². The van der Waals surface area contributed by atoms with Gasteiger partial charge in [-0.25, -0.2) is 0 Å². The minimum Gasteiger partial charge on any atom is -0.308 e. The highest BCUT2D eigenvalue weighted by atomic mass is 35.5. The topological polar surface area (TPSA) is 60.6 Å². The Morgan fingerprint density at radius 1 is 1.38 bits per heavy atom. The van der Waals surface area contributed by atoms with E-state index in [-0.39, 0.29) is 12.4 Å². The number of fused-ring (bicyclic) bond motifs is 1. The summed E-state index contributed by atoms with van der Waals surface area (Å²) in [4.78, 5) is 0. The molecule has 0 bridgehead atoms. The van der Waals surface area contributed by atoms with E-state index >= 15 is 0 Å². The van der Waals surface area contributed by atoms with Crippen molar-refractivity contribution >= 4 is 12.4 Å². The van der Waals surface area contributed by atoms with Crippen molar-refractivity contribution in [1.82, 2.24) is 29.9 Å². The van der Waals surface area contributed by atoms with E-state index in [1.165, 1.54) is 0 Å². The van der Waals surface area contributed by atoms with Crippen molar-refractivity contribution in [2.75, 3.05) is 6.54 Å². The molecule has 0 aliphatic carbocycles. The van der Waals surface area contributed by atoms with Crippen LogP contribution in [0.5, 0.6) is 0 Å². The van der Waals surface area contributed by atoms with Gasteiger partial charge in [0.15, 0.2) is 5.82 Å². The number of rotatable bonds is 1. The highest BCUT2D eigenvalue weighted by Crippen LogP contribution is 2.16. The van der Waals surface area contributed by atoms with Gasteiger partial charge in [-0.05, 0) is 6.07 Å². The molecular weight excluding hydrogens is 228 g/mol. The maximum absolute atomic E-state index is 4.33. The molecule has 0 radical (unpaired) electrons. The summed E-state index contributed by atoms with van der Waals surface area (Å²) in [6, 6.07) is 1.96. The second-order valence-corrected chi connectivity index (χ2v) is 3.64. The Morgan fingerprint density at radius 2 is 2.25 bits per heavy atom. The molecule has 0 atom stereocenters. The van der Waals surface area contributed by atoms with E-state index in [1.54, 1.807) is 4.68 Å². The molecule has 0 saturated carbocycles. The molecule has 1 N–H and O–H groups in total. The van der Waals surface area contributed by atoms with Crippen LogP contribution in [0.3, 0.4) is 0 Å².